The molecule has 10 heteroatoms. The first-order valence-electron chi connectivity index (χ1n) is 9.14. The van der Waals surface area contributed by atoms with Crippen molar-refractivity contribution in [3.8, 4) is 11.3 Å². The summed E-state index contributed by atoms with van der Waals surface area (Å²) in [4.78, 5) is 24.0. The van der Waals surface area contributed by atoms with Crippen LogP contribution in [0.5, 0.6) is 0 Å². The molecule has 3 aromatic rings. The molecule has 2 aromatic carbocycles. The Labute approximate surface area is 173 Å². The highest BCUT2D eigenvalue weighted by molar-refractivity contribution is 5.90. The van der Waals surface area contributed by atoms with Gasteiger partial charge in [-0.3, -0.25) is 9.59 Å². The number of rotatable bonds is 6. The molecule has 1 N–H and O–H groups in total. The van der Waals surface area contributed by atoms with Crippen LogP contribution >= 0.6 is 0 Å². The molecule has 0 aliphatic heterocycles. The first-order chi connectivity index (χ1) is 14.6. The van der Waals surface area contributed by atoms with Crippen LogP contribution in [-0.4, -0.2) is 15.7 Å². The molecule has 5 nitrogen and oxygen atoms in total. The van der Waals surface area contributed by atoms with E-state index in [9.17, 15) is 31.5 Å². The maximum atomic E-state index is 13.3. The van der Waals surface area contributed by atoms with Gasteiger partial charge >= 0.3 is 6.18 Å². The molecule has 0 saturated carbocycles. The number of carbonyl (C=O) groups is 1. The number of carbonyl (C=O) groups excluding carboxylic acids is 1. The third-order valence-corrected chi connectivity index (χ3v) is 4.34. The summed E-state index contributed by atoms with van der Waals surface area (Å²) < 4.78 is 65.8. The maximum absolute atomic E-state index is 13.3. The van der Waals surface area contributed by atoms with E-state index < -0.39 is 34.8 Å². The van der Waals surface area contributed by atoms with Crippen molar-refractivity contribution in [1.29, 1.82) is 0 Å². The van der Waals surface area contributed by atoms with E-state index in [4.69, 9.17) is 0 Å². The second kappa shape index (κ2) is 9.07. The molecule has 0 aliphatic carbocycles. The topological polar surface area (TPSA) is 64.0 Å². The average Bonchev–Trinajstić information content (AvgIpc) is 2.70. The lowest BCUT2D eigenvalue weighted by Gasteiger charge is -2.11. The van der Waals surface area contributed by atoms with Gasteiger partial charge < -0.3 is 5.32 Å². The van der Waals surface area contributed by atoms with Gasteiger partial charge in [0.1, 0.15) is 11.6 Å². The van der Waals surface area contributed by atoms with Gasteiger partial charge in [0.15, 0.2) is 0 Å². The summed E-state index contributed by atoms with van der Waals surface area (Å²) in [7, 11) is 0. The van der Waals surface area contributed by atoms with Gasteiger partial charge in [0.05, 0.1) is 11.3 Å². The molecule has 3 rings (SSSR count). The third kappa shape index (κ3) is 5.74. The number of hydrogen-bond donors (Lipinski definition) is 1. The molecule has 0 bridgehead atoms. The lowest BCUT2D eigenvalue weighted by molar-refractivity contribution is -0.140. The minimum Gasteiger partial charge on any atom is -0.326 e. The summed E-state index contributed by atoms with van der Waals surface area (Å²) in [5.74, 6) is -2.44. The van der Waals surface area contributed by atoms with Crippen LogP contribution in [0.3, 0.4) is 0 Å². The quantitative estimate of drug-likeness (QED) is 0.572. The first kappa shape index (κ1) is 22.1. The second-order valence-corrected chi connectivity index (χ2v) is 6.63. The average molecular weight is 437 g/mol. The first-order valence-corrected chi connectivity index (χ1v) is 9.14. The fourth-order valence-corrected chi connectivity index (χ4v) is 2.82. The minimum absolute atomic E-state index is 0.0819. The number of halogens is 5. The number of hydrogen-bond acceptors (Lipinski definition) is 3. The van der Waals surface area contributed by atoms with Crippen LogP contribution in [-0.2, 0) is 17.5 Å². The van der Waals surface area contributed by atoms with Crippen molar-refractivity contribution in [2.45, 2.75) is 25.6 Å². The van der Waals surface area contributed by atoms with Crippen LogP contribution < -0.4 is 10.9 Å². The van der Waals surface area contributed by atoms with Crippen molar-refractivity contribution in [3.63, 3.8) is 0 Å². The molecular weight excluding hydrogens is 421 g/mol. The predicted octanol–water partition coefficient (Wildman–Crippen LogP) is 4.63. The van der Waals surface area contributed by atoms with Crippen LogP contribution in [0.25, 0.3) is 11.3 Å². The van der Waals surface area contributed by atoms with Gasteiger partial charge in [0.2, 0.25) is 5.91 Å². The van der Waals surface area contributed by atoms with Crippen LogP contribution in [0.15, 0.2) is 59.4 Å². The number of anilines is 1. The number of nitrogens with one attached hydrogen (secondary N) is 1. The van der Waals surface area contributed by atoms with Crippen LogP contribution in [0.2, 0.25) is 0 Å². The second-order valence-electron chi connectivity index (χ2n) is 6.63. The Morgan fingerprint density at radius 1 is 1.00 bits per heavy atom. The van der Waals surface area contributed by atoms with Gasteiger partial charge in [-0.25, -0.2) is 13.5 Å². The number of benzene rings is 2. The Morgan fingerprint density at radius 2 is 1.71 bits per heavy atom. The van der Waals surface area contributed by atoms with Crippen molar-refractivity contribution in [1.82, 2.24) is 9.78 Å². The van der Waals surface area contributed by atoms with Gasteiger partial charge in [-0.05, 0) is 55.0 Å². The number of amides is 1. The molecule has 162 valence electrons. The molecule has 0 unspecified atom stereocenters. The number of aromatic nitrogens is 2. The molecule has 0 atom stereocenters. The zero-order valence-electron chi connectivity index (χ0n) is 15.9. The molecule has 1 heterocycles. The van der Waals surface area contributed by atoms with Crippen LogP contribution in [0, 0.1) is 11.6 Å². The lowest BCUT2D eigenvalue weighted by atomic mass is 10.1. The van der Waals surface area contributed by atoms with E-state index in [0.717, 1.165) is 10.7 Å². The summed E-state index contributed by atoms with van der Waals surface area (Å²) in [6.45, 7) is 0.0819. The zero-order valence-corrected chi connectivity index (χ0v) is 15.9. The largest absolute Gasteiger partial charge is 0.419 e. The van der Waals surface area contributed by atoms with Crippen molar-refractivity contribution in [2.75, 3.05) is 5.32 Å². The summed E-state index contributed by atoms with van der Waals surface area (Å²) >= 11 is 0. The van der Waals surface area contributed by atoms with E-state index in [1.807, 2.05) is 0 Å². The third-order valence-electron chi connectivity index (χ3n) is 4.34. The Hall–Kier alpha value is -3.56. The van der Waals surface area contributed by atoms with E-state index in [1.54, 1.807) is 0 Å². The molecule has 0 saturated heterocycles. The molecule has 0 fully saturated rings. The van der Waals surface area contributed by atoms with Gasteiger partial charge in [-0.1, -0.05) is 0 Å². The number of aryl methyl sites for hydroxylation is 1. The standard InChI is InChI=1S/C21H16F5N3O2/c22-14-5-3-13(4-6-14)18-9-10-20(31)29(28-18)11-1-2-19(30)27-15-7-8-17(23)16(12-15)21(24,25)26/h3-10,12H,1-2,11H2,(H,27,30). The van der Waals surface area contributed by atoms with Crippen LogP contribution in [0.1, 0.15) is 18.4 Å². The number of alkyl halides is 3. The summed E-state index contributed by atoms with van der Waals surface area (Å²) in [5.41, 5.74) is -1.02. The molecule has 0 spiro atoms. The predicted molar refractivity (Wildman–Crippen MR) is 103 cm³/mol. The molecule has 1 amide bonds. The Balaban J connectivity index is 1.61. The van der Waals surface area contributed by atoms with Crippen molar-refractivity contribution in [3.05, 3.63) is 82.1 Å². The SMILES string of the molecule is O=C(CCCn1nc(-c2ccc(F)cc2)ccc1=O)Nc1ccc(F)c(C(F)(F)F)c1. The van der Waals surface area contributed by atoms with E-state index in [1.165, 1.54) is 36.4 Å². The zero-order chi connectivity index (χ0) is 22.6. The van der Waals surface area contributed by atoms with E-state index in [0.29, 0.717) is 23.4 Å². The highest BCUT2D eigenvalue weighted by atomic mass is 19.4. The van der Waals surface area contributed by atoms with Gasteiger partial charge in [0, 0.05) is 30.3 Å². The Bertz CT molecular complexity index is 1140. The van der Waals surface area contributed by atoms with E-state index in [2.05, 4.69) is 10.4 Å². The van der Waals surface area contributed by atoms with Gasteiger partial charge in [0.25, 0.3) is 5.56 Å². The molecule has 1 aromatic heterocycles. The van der Waals surface area contributed by atoms with E-state index >= 15 is 0 Å². The normalized spacial score (nSPS) is 11.4. The maximum Gasteiger partial charge on any atom is 0.419 e. The van der Waals surface area contributed by atoms with Crippen molar-refractivity contribution < 1.29 is 26.7 Å². The lowest BCUT2D eigenvalue weighted by Crippen LogP contribution is -2.23. The fourth-order valence-electron chi connectivity index (χ4n) is 2.82. The van der Waals surface area contributed by atoms with Crippen molar-refractivity contribution >= 4 is 11.6 Å². The molecule has 0 aliphatic rings. The van der Waals surface area contributed by atoms with Crippen LogP contribution in [0.4, 0.5) is 27.6 Å². The highest BCUT2D eigenvalue weighted by Crippen LogP contribution is 2.33. The summed E-state index contributed by atoms with van der Waals surface area (Å²) in [5, 5.41) is 6.46. The smallest absolute Gasteiger partial charge is 0.326 e. The Morgan fingerprint density at radius 3 is 2.39 bits per heavy atom. The van der Waals surface area contributed by atoms with Gasteiger partial charge in [-0.2, -0.15) is 18.3 Å². The Kier molecular flexibility index (Phi) is 6.47. The highest BCUT2D eigenvalue weighted by Gasteiger charge is 2.34. The summed E-state index contributed by atoms with van der Waals surface area (Å²) in [6, 6.07) is 10.5. The van der Waals surface area contributed by atoms with E-state index in [-0.39, 0.29) is 25.1 Å². The fraction of sp³-hybridized carbons (Fsp3) is 0.190. The minimum atomic E-state index is -4.88. The van der Waals surface area contributed by atoms with Crippen molar-refractivity contribution in [2.24, 2.45) is 0 Å². The molecular formula is C21H16F5N3O2. The molecule has 31 heavy (non-hydrogen) atoms. The molecule has 0 radical (unpaired) electrons. The number of nitrogens with zero attached hydrogens (tertiary/aromatic N) is 2. The van der Waals surface area contributed by atoms with Gasteiger partial charge in [-0.15, -0.1) is 0 Å². The monoisotopic (exact) mass is 437 g/mol. The summed E-state index contributed by atoms with van der Waals surface area (Å²) in [6.07, 6.45) is -4.81.